The summed E-state index contributed by atoms with van der Waals surface area (Å²) >= 11 is 0. The molecular weight excluding hydrogens is 944 g/mol. The van der Waals surface area contributed by atoms with Gasteiger partial charge in [0, 0.05) is 73.8 Å². The van der Waals surface area contributed by atoms with Gasteiger partial charge in [0.15, 0.2) is 11.6 Å². The van der Waals surface area contributed by atoms with Crippen molar-refractivity contribution in [2.45, 2.75) is 127 Å². The number of rotatable bonds is 11. The number of carbonyl (C=O) groups is 4. The summed E-state index contributed by atoms with van der Waals surface area (Å²) in [5, 5.41) is 5.13. The summed E-state index contributed by atoms with van der Waals surface area (Å²) in [4.78, 5) is 75.9. The lowest BCUT2D eigenvalue weighted by atomic mass is 9.81. The van der Waals surface area contributed by atoms with Gasteiger partial charge in [-0.15, -0.1) is 0 Å². The summed E-state index contributed by atoms with van der Waals surface area (Å²) in [6.07, 6.45) is 15.3. The molecule has 2 aromatic carbocycles. The molecule has 11 rings (SSSR count). The van der Waals surface area contributed by atoms with Crippen LogP contribution in [0.1, 0.15) is 134 Å². The SMILES string of the molecule is CNc1cc(=O)n(-c2ccnc3c2C=C([C@H](C)N2CC=C(c4c(C)cc(C(=O)C=C5CCC(F)(CN6CCC(c7ccc8c(c7)C7(CC7)C(=O)N8C7CCC(=O)NC7=O)CC6)CC5)cc4F)CC2)C(C)C3)cc1F. The first-order chi connectivity index (χ1) is 35.5. The highest BCUT2D eigenvalue weighted by Crippen LogP contribution is 2.59. The number of aromatic nitrogens is 2. The zero-order valence-electron chi connectivity index (χ0n) is 42.7. The van der Waals surface area contributed by atoms with Crippen LogP contribution in [0.5, 0.6) is 0 Å². The van der Waals surface area contributed by atoms with Gasteiger partial charge < -0.3 is 10.2 Å². The molecule has 2 saturated carbocycles. The van der Waals surface area contributed by atoms with E-state index >= 15 is 8.78 Å². The zero-order chi connectivity index (χ0) is 51.8. The Balaban J connectivity index is 0.687. The van der Waals surface area contributed by atoms with Crippen molar-refractivity contribution < 1.29 is 32.3 Å². The first kappa shape index (κ1) is 49.7. The molecule has 4 aliphatic heterocycles. The molecule has 7 aliphatic rings. The van der Waals surface area contributed by atoms with Crippen LogP contribution in [-0.4, -0.2) is 100 Å². The number of ketones is 1. The largest absolute Gasteiger partial charge is 0.386 e. The van der Waals surface area contributed by atoms with E-state index in [9.17, 15) is 28.4 Å². The van der Waals surface area contributed by atoms with Crippen molar-refractivity contribution in [1.82, 2.24) is 24.7 Å². The molecule has 3 amide bonds. The van der Waals surface area contributed by atoms with Crippen molar-refractivity contribution in [2.75, 3.05) is 50.0 Å². The number of allylic oxidation sites excluding steroid dienone is 2. The fourth-order valence-electron chi connectivity index (χ4n) is 13.1. The van der Waals surface area contributed by atoms with Crippen molar-refractivity contribution in [3.63, 3.8) is 0 Å². The molecule has 15 heteroatoms. The zero-order valence-corrected chi connectivity index (χ0v) is 42.7. The van der Waals surface area contributed by atoms with E-state index in [1.54, 1.807) is 36.4 Å². The molecule has 12 nitrogen and oxygen atoms in total. The molecule has 386 valence electrons. The molecule has 4 aromatic rings. The number of alkyl halides is 1. The lowest BCUT2D eigenvalue weighted by Gasteiger charge is -2.39. The minimum Gasteiger partial charge on any atom is -0.386 e. The molecule has 74 heavy (non-hydrogen) atoms. The number of piperidine rings is 2. The van der Waals surface area contributed by atoms with Gasteiger partial charge in [0.25, 0.3) is 5.56 Å². The fourth-order valence-corrected chi connectivity index (χ4v) is 13.1. The number of likely N-dealkylation sites (tertiary alicyclic amines) is 1. The van der Waals surface area contributed by atoms with Crippen molar-refractivity contribution in [2.24, 2.45) is 5.92 Å². The number of amides is 3. The second-order valence-electron chi connectivity index (χ2n) is 22.1. The first-order valence-corrected chi connectivity index (χ1v) is 26.5. The Morgan fingerprint density at radius 2 is 1.70 bits per heavy atom. The number of halogens is 3. The van der Waals surface area contributed by atoms with E-state index in [0.29, 0.717) is 81.4 Å². The fraction of sp³-hybridized carbons (Fsp3) is 0.458. The number of nitrogens with zero attached hydrogens (tertiary/aromatic N) is 5. The molecular formula is C59H64F3N7O5. The molecule has 4 fully saturated rings. The quantitative estimate of drug-likeness (QED) is 0.0857. The topological polar surface area (TPSA) is 137 Å². The first-order valence-electron chi connectivity index (χ1n) is 26.5. The summed E-state index contributed by atoms with van der Waals surface area (Å²) in [6, 6.07) is 11.7. The third-order valence-corrected chi connectivity index (χ3v) is 17.5. The van der Waals surface area contributed by atoms with Crippen LogP contribution in [0.25, 0.3) is 17.3 Å². The maximum atomic E-state index is 16.5. The van der Waals surface area contributed by atoms with Crippen LogP contribution >= 0.6 is 0 Å². The summed E-state index contributed by atoms with van der Waals surface area (Å²) in [7, 11) is 1.57. The van der Waals surface area contributed by atoms with Crippen LogP contribution in [0.3, 0.4) is 0 Å². The van der Waals surface area contributed by atoms with Crippen LogP contribution in [0, 0.1) is 24.5 Å². The number of carbonyl (C=O) groups excluding carboxylic acids is 4. The number of nitrogens with one attached hydrogen (secondary N) is 2. The lowest BCUT2D eigenvalue weighted by molar-refractivity contribution is -0.135. The number of hydrogen-bond donors (Lipinski definition) is 2. The summed E-state index contributed by atoms with van der Waals surface area (Å²) in [5.41, 5.74) is 7.50. The third kappa shape index (κ3) is 9.07. The second-order valence-corrected chi connectivity index (χ2v) is 22.1. The predicted octanol–water partition coefficient (Wildman–Crippen LogP) is 9.07. The van der Waals surface area contributed by atoms with Gasteiger partial charge in [0.1, 0.15) is 17.5 Å². The average molecular weight is 1010 g/mol. The van der Waals surface area contributed by atoms with E-state index in [4.69, 9.17) is 0 Å². The van der Waals surface area contributed by atoms with Gasteiger partial charge in [-0.25, -0.2) is 13.2 Å². The molecule has 0 radical (unpaired) electrons. The number of benzene rings is 2. The molecule has 2 unspecified atom stereocenters. The molecule has 6 heterocycles. The maximum Gasteiger partial charge on any atom is 0.257 e. The van der Waals surface area contributed by atoms with Crippen LogP contribution in [0.4, 0.5) is 24.5 Å². The molecule has 0 bridgehead atoms. The molecule has 3 atom stereocenters. The minimum absolute atomic E-state index is 0.0281. The molecule has 2 N–H and O–H groups in total. The standard InChI is InChI=1S/C59H64F3N7O5/c1-34-26-47-43(49(11-20-64-47)68-32-46(61)48(63-4)31-54(68)72)30-42(34)36(3)67-23-14-39(15-24-67)55-35(2)25-41(29-45(55)60)52(70)27-37-9-16-58(62,17-10-37)33-66-21-12-38(13-22-66)40-5-6-50-44(28-40)59(18-19-59)57(74)69(50)51-7-8-53(71)65-56(51)73/h5-6,11,14,20,25,27-32,34,36,38,51,63H,7-10,12-13,15-19,21-24,26,33H2,1-4H3,(H,65,71,73)/t34?,36-,51?,58?/m0/s1. The van der Waals surface area contributed by atoms with E-state index in [1.165, 1.54) is 34.0 Å². The second kappa shape index (κ2) is 19.4. The van der Waals surface area contributed by atoms with Gasteiger partial charge in [-0.05, 0) is 174 Å². The number of aryl methyl sites for hydroxylation is 1. The molecule has 2 aromatic heterocycles. The molecule has 2 saturated heterocycles. The Morgan fingerprint density at radius 1 is 0.932 bits per heavy atom. The maximum absolute atomic E-state index is 16.5. The van der Waals surface area contributed by atoms with Crippen LogP contribution < -0.4 is 21.1 Å². The monoisotopic (exact) mass is 1010 g/mol. The van der Waals surface area contributed by atoms with Gasteiger partial charge >= 0.3 is 0 Å². The number of imide groups is 1. The molecule has 3 aliphatic carbocycles. The number of fused-ring (bicyclic) bond motifs is 3. The highest BCUT2D eigenvalue weighted by atomic mass is 19.1. The van der Waals surface area contributed by atoms with E-state index in [-0.39, 0.29) is 58.7 Å². The Morgan fingerprint density at radius 3 is 2.39 bits per heavy atom. The number of pyridine rings is 2. The Kier molecular flexibility index (Phi) is 13.0. The lowest BCUT2D eigenvalue weighted by Crippen LogP contribution is -2.54. The summed E-state index contributed by atoms with van der Waals surface area (Å²) in [6.45, 7) is 9.31. The number of anilines is 2. The third-order valence-electron chi connectivity index (χ3n) is 17.5. The van der Waals surface area contributed by atoms with E-state index in [0.717, 1.165) is 72.4 Å². The van der Waals surface area contributed by atoms with E-state index < -0.39 is 34.7 Å². The van der Waals surface area contributed by atoms with Crippen molar-refractivity contribution in [1.29, 1.82) is 0 Å². The average Bonchev–Trinajstić information content (AvgIpc) is 4.18. The van der Waals surface area contributed by atoms with Gasteiger partial charge in [0.05, 0.1) is 28.7 Å². The summed E-state index contributed by atoms with van der Waals surface area (Å²) in [5.74, 6) is -1.54. The normalized spacial score (nSPS) is 24.5. The van der Waals surface area contributed by atoms with Crippen LogP contribution in [0.15, 0.2) is 83.0 Å². The van der Waals surface area contributed by atoms with E-state index in [2.05, 4.69) is 63.5 Å². The van der Waals surface area contributed by atoms with Crippen molar-refractivity contribution in [3.05, 3.63) is 139 Å². The van der Waals surface area contributed by atoms with E-state index in [1.807, 2.05) is 13.0 Å². The van der Waals surface area contributed by atoms with Gasteiger partial charge in [-0.2, -0.15) is 0 Å². The molecule has 1 spiro atoms. The predicted molar refractivity (Wildman–Crippen MR) is 279 cm³/mol. The van der Waals surface area contributed by atoms with Gasteiger partial charge in [0.2, 0.25) is 17.7 Å². The van der Waals surface area contributed by atoms with Gasteiger partial charge in [-0.1, -0.05) is 30.7 Å². The van der Waals surface area contributed by atoms with Crippen LogP contribution in [0.2, 0.25) is 0 Å². The minimum atomic E-state index is -1.37. The van der Waals surface area contributed by atoms with Crippen molar-refractivity contribution >= 4 is 46.5 Å². The highest BCUT2D eigenvalue weighted by Gasteiger charge is 2.61. The number of hydrogen-bond acceptors (Lipinski definition) is 9. The smallest absolute Gasteiger partial charge is 0.257 e. The summed E-state index contributed by atoms with van der Waals surface area (Å²) < 4.78 is 48.8. The van der Waals surface area contributed by atoms with Crippen LogP contribution in [-0.2, 0) is 26.2 Å². The Bertz CT molecular complexity index is 3130. The van der Waals surface area contributed by atoms with Gasteiger partial charge in [-0.3, -0.25) is 48.6 Å². The Labute approximate surface area is 429 Å². The Hall–Kier alpha value is -6.45. The van der Waals surface area contributed by atoms with Crippen molar-refractivity contribution in [3.8, 4) is 5.69 Å². The highest BCUT2D eigenvalue weighted by molar-refractivity contribution is 6.15.